The predicted octanol–water partition coefficient (Wildman–Crippen LogP) is 3.25. The molecular weight excluding hydrogens is 368 g/mol. The summed E-state index contributed by atoms with van der Waals surface area (Å²) in [6.45, 7) is 1.45. The van der Waals surface area contributed by atoms with Gasteiger partial charge in [-0.1, -0.05) is 30.3 Å². The minimum Gasteiger partial charge on any atom is -0.497 e. The van der Waals surface area contributed by atoms with Crippen molar-refractivity contribution >= 4 is 11.9 Å². The van der Waals surface area contributed by atoms with E-state index in [0.717, 1.165) is 17.1 Å². The first kappa shape index (κ1) is 20.1. The molecule has 7 nitrogen and oxygen atoms in total. The van der Waals surface area contributed by atoms with Gasteiger partial charge in [0.05, 0.1) is 13.7 Å². The van der Waals surface area contributed by atoms with Crippen LogP contribution in [-0.2, 0) is 6.54 Å². The van der Waals surface area contributed by atoms with Gasteiger partial charge >= 0.3 is 0 Å². The SMILES string of the molecule is COc1ccc(OCCNc2nccc(C(=O)N(C)Cc3ccccc3)n2)cc1. The molecular formula is C22H24N4O3. The van der Waals surface area contributed by atoms with Crippen molar-refractivity contribution in [3.63, 3.8) is 0 Å². The molecule has 1 N–H and O–H groups in total. The minimum absolute atomic E-state index is 0.159. The van der Waals surface area contributed by atoms with Gasteiger partial charge in [-0.3, -0.25) is 4.79 Å². The van der Waals surface area contributed by atoms with Crippen molar-refractivity contribution < 1.29 is 14.3 Å². The molecule has 1 heterocycles. The van der Waals surface area contributed by atoms with Gasteiger partial charge in [0.15, 0.2) is 0 Å². The Morgan fingerprint density at radius 2 is 1.76 bits per heavy atom. The van der Waals surface area contributed by atoms with Gasteiger partial charge in [-0.2, -0.15) is 0 Å². The van der Waals surface area contributed by atoms with Crippen molar-refractivity contribution in [2.75, 3.05) is 32.6 Å². The molecule has 0 saturated carbocycles. The second-order valence-electron chi connectivity index (χ2n) is 6.36. The number of benzene rings is 2. The Balaban J connectivity index is 1.50. The lowest BCUT2D eigenvalue weighted by molar-refractivity contribution is 0.0779. The number of methoxy groups -OCH3 is 1. The van der Waals surface area contributed by atoms with Crippen molar-refractivity contribution in [2.45, 2.75) is 6.54 Å². The third-order valence-corrected chi connectivity index (χ3v) is 4.20. The number of nitrogens with one attached hydrogen (secondary N) is 1. The highest BCUT2D eigenvalue weighted by Gasteiger charge is 2.14. The lowest BCUT2D eigenvalue weighted by Gasteiger charge is -2.17. The predicted molar refractivity (Wildman–Crippen MR) is 111 cm³/mol. The van der Waals surface area contributed by atoms with Crippen molar-refractivity contribution in [2.24, 2.45) is 0 Å². The Morgan fingerprint density at radius 1 is 1.03 bits per heavy atom. The van der Waals surface area contributed by atoms with Crippen molar-refractivity contribution in [1.29, 1.82) is 0 Å². The molecule has 150 valence electrons. The molecule has 29 heavy (non-hydrogen) atoms. The number of amides is 1. The third-order valence-electron chi connectivity index (χ3n) is 4.20. The van der Waals surface area contributed by atoms with Crippen LogP contribution in [0.3, 0.4) is 0 Å². The highest BCUT2D eigenvalue weighted by molar-refractivity contribution is 5.92. The number of hydrogen-bond donors (Lipinski definition) is 1. The summed E-state index contributed by atoms with van der Waals surface area (Å²) in [5.74, 6) is 1.76. The summed E-state index contributed by atoms with van der Waals surface area (Å²) in [6, 6.07) is 18.8. The first-order valence-electron chi connectivity index (χ1n) is 9.29. The van der Waals surface area contributed by atoms with E-state index in [1.807, 2.05) is 54.6 Å². The van der Waals surface area contributed by atoms with Crippen LogP contribution in [-0.4, -0.2) is 48.1 Å². The van der Waals surface area contributed by atoms with E-state index in [0.29, 0.717) is 31.3 Å². The van der Waals surface area contributed by atoms with E-state index >= 15 is 0 Å². The standard InChI is InChI=1S/C22H24N4O3/c1-26(16-17-6-4-3-5-7-17)21(27)20-12-13-23-22(25-20)24-14-15-29-19-10-8-18(28-2)9-11-19/h3-13H,14-16H2,1-2H3,(H,23,24,25). The van der Waals surface area contributed by atoms with Crippen LogP contribution < -0.4 is 14.8 Å². The van der Waals surface area contributed by atoms with Crippen LogP contribution >= 0.6 is 0 Å². The number of carbonyl (C=O) groups is 1. The molecule has 0 atom stereocenters. The quantitative estimate of drug-likeness (QED) is 0.564. The van der Waals surface area contributed by atoms with Gasteiger partial charge < -0.3 is 19.7 Å². The molecule has 1 aromatic heterocycles. The van der Waals surface area contributed by atoms with Crippen LogP contribution in [0.2, 0.25) is 0 Å². The fraction of sp³-hybridized carbons (Fsp3) is 0.227. The Labute approximate surface area is 170 Å². The van der Waals surface area contributed by atoms with Gasteiger partial charge in [-0.15, -0.1) is 0 Å². The third kappa shape index (κ3) is 5.93. The first-order valence-corrected chi connectivity index (χ1v) is 9.29. The minimum atomic E-state index is -0.159. The molecule has 0 bridgehead atoms. The monoisotopic (exact) mass is 392 g/mol. The zero-order chi connectivity index (χ0) is 20.5. The van der Waals surface area contributed by atoms with Crippen LogP contribution in [0.15, 0.2) is 66.9 Å². The first-order chi connectivity index (χ1) is 14.2. The molecule has 0 unspecified atom stereocenters. The summed E-state index contributed by atoms with van der Waals surface area (Å²) in [6.07, 6.45) is 1.57. The number of hydrogen-bond acceptors (Lipinski definition) is 6. The fourth-order valence-electron chi connectivity index (χ4n) is 2.69. The maximum absolute atomic E-state index is 12.6. The number of rotatable bonds is 9. The molecule has 0 aliphatic rings. The molecule has 0 saturated heterocycles. The van der Waals surface area contributed by atoms with E-state index in [2.05, 4.69) is 15.3 Å². The maximum atomic E-state index is 12.6. The zero-order valence-corrected chi connectivity index (χ0v) is 16.5. The average molecular weight is 392 g/mol. The topological polar surface area (TPSA) is 76.6 Å². The average Bonchev–Trinajstić information content (AvgIpc) is 2.77. The van der Waals surface area contributed by atoms with Crippen molar-refractivity contribution in [3.8, 4) is 11.5 Å². The van der Waals surface area contributed by atoms with Gasteiger partial charge in [0, 0.05) is 19.8 Å². The number of aromatic nitrogens is 2. The Morgan fingerprint density at radius 3 is 2.48 bits per heavy atom. The second-order valence-corrected chi connectivity index (χ2v) is 6.36. The molecule has 7 heteroatoms. The molecule has 0 spiro atoms. The molecule has 1 amide bonds. The normalized spacial score (nSPS) is 10.3. The smallest absolute Gasteiger partial charge is 0.272 e. The summed E-state index contributed by atoms with van der Waals surface area (Å²) >= 11 is 0. The van der Waals surface area contributed by atoms with Gasteiger partial charge in [-0.05, 0) is 35.9 Å². The van der Waals surface area contributed by atoms with E-state index in [-0.39, 0.29) is 5.91 Å². The molecule has 0 fully saturated rings. The van der Waals surface area contributed by atoms with Crippen LogP contribution in [0, 0.1) is 0 Å². The zero-order valence-electron chi connectivity index (χ0n) is 16.5. The summed E-state index contributed by atoms with van der Waals surface area (Å²) in [4.78, 5) is 22.8. The fourth-order valence-corrected chi connectivity index (χ4v) is 2.69. The van der Waals surface area contributed by atoms with E-state index in [4.69, 9.17) is 9.47 Å². The lowest BCUT2D eigenvalue weighted by Crippen LogP contribution is -2.27. The molecule has 0 aliphatic carbocycles. The Kier molecular flexibility index (Phi) is 7.00. The summed E-state index contributed by atoms with van der Waals surface area (Å²) in [5, 5.41) is 3.08. The van der Waals surface area contributed by atoms with Crippen LogP contribution in [0.1, 0.15) is 16.1 Å². The number of ether oxygens (including phenoxy) is 2. The number of nitrogens with zero attached hydrogens (tertiary/aromatic N) is 3. The molecule has 0 aliphatic heterocycles. The Hall–Kier alpha value is -3.61. The number of carbonyl (C=O) groups excluding carboxylic acids is 1. The lowest BCUT2D eigenvalue weighted by atomic mass is 10.2. The number of anilines is 1. The van der Waals surface area contributed by atoms with E-state index in [1.54, 1.807) is 31.3 Å². The maximum Gasteiger partial charge on any atom is 0.272 e. The molecule has 3 aromatic rings. The largest absolute Gasteiger partial charge is 0.497 e. The summed E-state index contributed by atoms with van der Waals surface area (Å²) in [7, 11) is 3.38. The summed E-state index contributed by atoms with van der Waals surface area (Å²) in [5.41, 5.74) is 1.41. The highest BCUT2D eigenvalue weighted by atomic mass is 16.5. The highest BCUT2D eigenvalue weighted by Crippen LogP contribution is 2.16. The van der Waals surface area contributed by atoms with Crippen molar-refractivity contribution in [1.82, 2.24) is 14.9 Å². The molecule has 0 radical (unpaired) electrons. The van der Waals surface area contributed by atoms with E-state index in [9.17, 15) is 4.79 Å². The van der Waals surface area contributed by atoms with E-state index in [1.165, 1.54) is 0 Å². The van der Waals surface area contributed by atoms with Crippen molar-refractivity contribution in [3.05, 3.63) is 78.1 Å². The van der Waals surface area contributed by atoms with Crippen LogP contribution in [0.5, 0.6) is 11.5 Å². The summed E-state index contributed by atoms with van der Waals surface area (Å²) < 4.78 is 10.8. The van der Waals surface area contributed by atoms with Crippen LogP contribution in [0.25, 0.3) is 0 Å². The van der Waals surface area contributed by atoms with Gasteiger partial charge in [0.2, 0.25) is 5.95 Å². The molecule has 2 aromatic carbocycles. The van der Waals surface area contributed by atoms with Gasteiger partial charge in [-0.25, -0.2) is 9.97 Å². The van der Waals surface area contributed by atoms with Gasteiger partial charge in [0.1, 0.15) is 23.8 Å². The van der Waals surface area contributed by atoms with E-state index < -0.39 is 0 Å². The molecule has 3 rings (SSSR count). The van der Waals surface area contributed by atoms with Gasteiger partial charge in [0.25, 0.3) is 5.91 Å². The Bertz CT molecular complexity index is 917. The van der Waals surface area contributed by atoms with Crippen LogP contribution in [0.4, 0.5) is 5.95 Å². The second kappa shape index (κ2) is 10.1.